The maximum absolute atomic E-state index is 12.1. The topological polar surface area (TPSA) is 62.2 Å². The molecule has 6 heteroatoms. The van der Waals surface area contributed by atoms with E-state index in [2.05, 4.69) is 9.71 Å². The Balaban J connectivity index is 2.16. The van der Waals surface area contributed by atoms with Crippen molar-refractivity contribution in [3.8, 4) is 0 Å². The summed E-state index contributed by atoms with van der Waals surface area (Å²) >= 11 is 1.51. The predicted molar refractivity (Wildman–Crippen MR) is 95.5 cm³/mol. The van der Waals surface area contributed by atoms with Crippen LogP contribution in [0.1, 0.15) is 31.9 Å². The monoisotopic (exact) mass is 350 g/mol. The number of nitrogens with zero attached hydrogens (tertiary/aromatic N) is 1. The van der Waals surface area contributed by atoms with Crippen LogP contribution in [-0.2, 0) is 24.1 Å². The van der Waals surface area contributed by atoms with Gasteiger partial charge in [-0.2, -0.15) is 0 Å². The van der Waals surface area contributed by atoms with Gasteiger partial charge in [-0.1, -0.05) is 36.0 Å². The van der Waals surface area contributed by atoms with Crippen LogP contribution in [0.15, 0.2) is 52.5 Å². The number of aliphatic hydroxyl groups excluding tert-OH is 1. The first-order valence-corrected chi connectivity index (χ1v) is 9.34. The Kier molecular flexibility index (Phi) is 6.35. The molecular formula is C17H22N2O2S2. The summed E-state index contributed by atoms with van der Waals surface area (Å²) in [6.45, 7) is 6.30. The van der Waals surface area contributed by atoms with Gasteiger partial charge in [-0.05, 0) is 44.0 Å². The van der Waals surface area contributed by atoms with Gasteiger partial charge < -0.3 is 5.11 Å². The number of rotatable bonds is 6. The third-order valence-electron chi connectivity index (χ3n) is 3.15. The number of hydrogen-bond donors (Lipinski definition) is 2. The summed E-state index contributed by atoms with van der Waals surface area (Å²) in [6.07, 6.45) is 1.74. The lowest BCUT2D eigenvalue weighted by Crippen LogP contribution is -2.33. The number of nitrogens with one attached hydrogen (secondary N) is 1. The Hall–Kier alpha value is -1.21. The van der Waals surface area contributed by atoms with E-state index in [0.717, 1.165) is 21.0 Å². The van der Waals surface area contributed by atoms with Crippen LogP contribution in [0.5, 0.6) is 0 Å². The minimum absolute atomic E-state index is 0.00235. The van der Waals surface area contributed by atoms with Gasteiger partial charge in [0.15, 0.2) is 0 Å². The molecule has 0 saturated heterocycles. The van der Waals surface area contributed by atoms with Crippen LogP contribution in [-0.4, -0.2) is 19.0 Å². The van der Waals surface area contributed by atoms with Crippen molar-refractivity contribution in [2.75, 3.05) is 0 Å². The maximum atomic E-state index is 12.1. The first-order valence-electron chi connectivity index (χ1n) is 7.37. The zero-order chi connectivity index (χ0) is 16.9. The van der Waals surface area contributed by atoms with Crippen molar-refractivity contribution in [2.45, 2.75) is 48.6 Å². The summed E-state index contributed by atoms with van der Waals surface area (Å²) in [5, 5.41) is 10.3. The van der Waals surface area contributed by atoms with E-state index in [1.807, 2.05) is 57.2 Å². The number of pyridine rings is 1. The minimum Gasteiger partial charge on any atom is -0.392 e. The average Bonchev–Trinajstić information content (AvgIpc) is 2.53. The van der Waals surface area contributed by atoms with Gasteiger partial charge in [-0.3, -0.25) is 0 Å². The van der Waals surface area contributed by atoms with Gasteiger partial charge in [0, 0.05) is 17.6 Å². The Bertz CT molecular complexity index is 684. The molecule has 1 heterocycles. The van der Waals surface area contributed by atoms with Crippen LogP contribution in [0.2, 0.25) is 0 Å². The molecule has 0 aliphatic rings. The lowest BCUT2D eigenvalue weighted by Gasteiger charge is -2.18. The second-order valence-electron chi connectivity index (χ2n) is 6.04. The molecule has 2 rings (SSSR count). The van der Waals surface area contributed by atoms with Gasteiger partial charge in [0.25, 0.3) is 0 Å². The fourth-order valence-electron chi connectivity index (χ4n) is 1.85. The van der Waals surface area contributed by atoms with Crippen molar-refractivity contribution in [3.05, 3.63) is 53.7 Å². The van der Waals surface area contributed by atoms with Crippen LogP contribution in [0.25, 0.3) is 0 Å². The molecule has 2 N–H and O–H groups in total. The summed E-state index contributed by atoms with van der Waals surface area (Å²) in [5.41, 5.74) is 1.86. The Morgan fingerprint density at radius 3 is 2.57 bits per heavy atom. The highest BCUT2D eigenvalue weighted by molar-refractivity contribution is 7.99. The second kappa shape index (κ2) is 8.06. The standard InChI is InChI=1S/C17H22N2O2S2/c1-17(2,3)23(21)19-11-13-8-6-10-18-16(13)22-15-9-5-4-7-14(15)12-20/h4-10,19-20H,11-12H2,1-3H3. The van der Waals surface area contributed by atoms with Crippen LogP contribution in [0.4, 0.5) is 0 Å². The second-order valence-corrected chi connectivity index (χ2v) is 9.12. The highest BCUT2D eigenvalue weighted by Gasteiger charge is 2.19. The zero-order valence-corrected chi connectivity index (χ0v) is 15.2. The highest BCUT2D eigenvalue weighted by atomic mass is 32.2. The van der Waals surface area contributed by atoms with Crippen molar-refractivity contribution in [1.29, 1.82) is 0 Å². The van der Waals surface area contributed by atoms with Crippen LogP contribution < -0.4 is 4.72 Å². The van der Waals surface area contributed by atoms with Gasteiger partial charge in [0.05, 0.1) is 22.3 Å². The molecular weight excluding hydrogens is 328 g/mol. The molecule has 23 heavy (non-hydrogen) atoms. The largest absolute Gasteiger partial charge is 0.392 e. The number of benzene rings is 1. The summed E-state index contributed by atoms with van der Waals surface area (Å²) in [7, 11) is -1.13. The summed E-state index contributed by atoms with van der Waals surface area (Å²) < 4.78 is 14.9. The van der Waals surface area contributed by atoms with Crippen LogP contribution >= 0.6 is 11.8 Å². The summed E-state index contributed by atoms with van der Waals surface area (Å²) in [6, 6.07) is 11.6. The third-order valence-corrected chi connectivity index (χ3v) is 5.85. The fraction of sp³-hybridized carbons (Fsp3) is 0.353. The molecule has 1 aromatic heterocycles. The molecule has 0 saturated carbocycles. The number of hydrogen-bond acceptors (Lipinski definition) is 4. The highest BCUT2D eigenvalue weighted by Crippen LogP contribution is 2.31. The molecule has 1 unspecified atom stereocenters. The minimum atomic E-state index is -1.13. The molecule has 0 aliphatic carbocycles. The van der Waals surface area contributed by atoms with E-state index in [4.69, 9.17) is 0 Å². The van der Waals surface area contributed by atoms with Gasteiger partial charge in [0.2, 0.25) is 0 Å². The average molecular weight is 351 g/mol. The molecule has 1 aromatic carbocycles. The molecule has 0 radical (unpaired) electrons. The van der Waals surface area contributed by atoms with Gasteiger partial charge in [-0.15, -0.1) is 0 Å². The predicted octanol–water partition coefficient (Wildman–Crippen LogP) is 3.28. The fourth-order valence-corrected chi connectivity index (χ4v) is 3.57. The molecule has 0 spiro atoms. The van der Waals surface area contributed by atoms with Gasteiger partial charge >= 0.3 is 0 Å². The molecule has 0 aliphatic heterocycles. The number of aliphatic hydroxyl groups is 1. The van der Waals surface area contributed by atoms with E-state index in [1.54, 1.807) is 6.20 Å². The van der Waals surface area contributed by atoms with E-state index in [0.29, 0.717) is 6.54 Å². The van der Waals surface area contributed by atoms with E-state index >= 15 is 0 Å². The third kappa shape index (κ3) is 5.14. The normalized spacial score (nSPS) is 13.0. The lowest BCUT2D eigenvalue weighted by molar-refractivity contribution is 0.279. The Labute approximate surface area is 144 Å². The van der Waals surface area contributed by atoms with Gasteiger partial charge in [-0.25, -0.2) is 13.9 Å². The van der Waals surface area contributed by atoms with E-state index in [1.165, 1.54) is 11.8 Å². The first-order chi connectivity index (χ1) is 10.9. The SMILES string of the molecule is CC(C)(C)S(=O)NCc1cccnc1Sc1ccccc1CO. The molecule has 124 valence electrons. The molecule has 2 aromatic rings. The smallest absolute Gasteiger partial charge is 0.105 e. The molecule has 0 fully saturated rings. The van der Waals surface area contributed by atoms with Crippen molar-refractivity contribution >= 4 is 22.7 Å². The quantitative estimate of drug-likeness (QED) is 0.839. The zero-order valence-electron chi connectivity index (χ0n) is 13.6. The summed E-state index contributed by atoms with van der Waals surface area (Å²) in [5.74, 6) is 0. The number of aromatic nitrogens is 1. The van der Waals surface area contributed by atoms with Crippen molar-refractivity contribution in [3.63, 3.8) is 0 Å². The Morgan fingerprint density at radius 2 is 1.87 bits per heavy atom. The molecule has 1 atom stereocenters. The first kappa shape index (κ1) is 18.1. The van der Waals surface area contributed by atoms with Crippen LogP contribution in [0, 0.1) is 0 Å². The maximum Gasteiger partial charge on any atom is 0.105 e. The van der Waals surface area contributed by atoms with E-state index < -0.39 is 11.0 Å². The van der Waals surface area contributed by atoms with Crippen LogP contribution in [0.3, 0.4) is 0 Å². The molecule has 0 bridgehead atoms. The van der Waals surface area contributed by atoms with E-state index in [-0.39, 0.29) is 11.4 Å². The lowest BCUT2D eigenvalue weighted by atomic mass is 10.2. The van der Waals surface area contributed by atoms with Gasteiger partial charge in [0.1, 0.15) is 5.03 Å². The molecule has 0 amide bonds. The van der Waals surface area contributed by atoms with Crippen molar-refractivity contribution in [2.24, 2.45) is 0 Å². The van der Waals surface area contributed by atoms with E-state index in [9.17, 15) is 9.32 Å². The Morgan fingerprint density at radius 1 is 1.17 bits per heavy atom. The van der Waals surface area contributed by atoms with Crippen molar-refractivity contribution < 1.29 is 9.32 Å². The molecule has 4 nitrogen and oxygen atoms in total. The van der Waals surface area contributed by atoms with Crippen molar-refractivity contribution in [1.82, 2.24) is 9.71 Å². The summed E-state index contributed by atoms with van der Waals surface area (Å²) in [4.78, 5) is 5.41.